The Morgan fingerprint density at radius 1 is 0.714 bits per heavy atom. The first-order valence-electron chi connectivity index (χ1n) is 7.39. The SMILES string of the molecule is CC(C)(C)c1cccc2oc3ccc4ccccc4c3c12. The van der Waals surface area contributed by atoms with Crippen LogP contribution >= 0.6 is 0 Å². The summed E-state index contributed by atoms with van der Waals surface area (Å²) in [5.74, 6) is 0. The average Bonchev–Trinajstić information content (AvgIpc) is 2.84. The molecule has 104 valence electrons. The fraction of sp³-hybridized carbons (Fsp3) is 0.200. The molecule has 0 radical (unpaired) electrons. The van der Waals surface area contributed by atoms with Crippen LogP contribution in [0.3, 0.4) is 0 Å². The summed E-state index contributed by atoms with van der Waals surface area (Å²) >= 11 is 0. The molecule has 0 unspecified atom stereocenters. The van der Waals surface area contributed by atoms with E-state index in [1.807, 2.05) is 0 Å². The summed E-state index contributed by atoms with van der Waals surface area (Å²) in [6.45, 7) is 6.77. The normalized spacial score (nSPS) is 12.5. The van der Waals surface area contributed by atoms with Crippen LogP contribution in [0.5, 0.6) is 0 Å². The van der Waals surface area contributed by atoms with Crippen molar-refractivity contribution in [3.05, 3.63) is 60.2 Å². The van der Waals surface area contributed by atoms with Crippen LogP contribution < -0.4 is 0 Å². The van der Waals surface area contributed by atoms with Crippen molar-refractivity contribution in [3.63, 3.8) is 0 Å². The lowest BCUT2D eigenvalue weighted by Gasteiger charge is -2.20. The third-order valence-electron chi connectivity index (χ3n) is 4.19. The highest BCUT2D eigenvalue weighted by atomic mass is 16.3. The molecule has 0 aliphatic carbocycles. The van der Waals surface area contributed by atoms with Crippen molar-refractivity contribution in [2.75, 3.05) is 0 Å². The monoisotopic (exact) mass is 274 g/mol. The van der Waals surface area contributed by atoms with Crippen LogP contribution in [0.4, 0.5) is 0 Å². The first-order valence-corrected chi connectivity index (χ1v) is 7.39. The van der Waals surface area contributed by atoms with Gasteiger partial charge in [0, 0.05) is 10.8 Å². The smallest absolute Gasteiger partial charge is 0.136 e. The Kier molecular flexibility index (Phi) is 2.44. The summed E-state index contributed by atoms with van der Waals surface area (Å²) in [4.78, 5) is 0. The Labute approximate surface area is 124 Å². The van der Waals surface area contributed by atoms with Gasteiger partial charge < -0.3 is 4.42 Å². The molecule has 0 saturated heterocycles. The number of fused-ring (bicyclic) bond motifs is 5. The average molecular weight is 274 g/mol. The molecule has 1 nitrogen and oxygen atoms in total. The second-order valence-electron chi connectivity index (χ2n) is 6.69. The highest BCUT2D eigenvalue weighted by Gasteiger charge is 2.21. The van der Waals surface area contributed by atoms with Gasteiger partial charge >= 0.3 is 0 Å². The first kappa shape index (κ1) is 12.5. The van der Waals surface area contributed by atoms with Gasteiger partial charge in [-0.2, -0.15) is 0 Å². The lowest BCUT2D eigenvalue weighted by Crippen LogP contribution is -2.11. The van der Waals surface area contributed by atoms with Crippen molar-refractivity contribution in [1.29, 1.82) is 0 Å². The molecule has 0 spiro atoms. The molecule has 0 atom stereocenters. The van der Waals surface area contributed by atoms with Crippen LogP contribution in [-0.4, -0.2) is 0 Å². The quantitative estimate of drug-likeness (QED) is 0.381. The number of rotatable bonds is 0. The Bertz CT molecular complexity index is 968. The molecular formula is C20H18O. The molecule has 0 amide bonds. The van der Waals surface area contributed by atoms with E-state index in [1.54, 1.807) is 0 Å². The van der Waals surface area contributed by atoms with Gasteiger partial charge in [0.05, 0.1) is 0 Å². The van der Waals surface area contributed by atoms with Crippen molar-refractivity contribution >= 4 is 32.7 Å². The minimum atomic E-state index is 0.0905. The molecule has 0 N–H and O–H groups in total. The van der Waals surface area contributed by atoms with Gasteiger partial charge in [0.1, 0.15) is 11.2 Å². The zero-order chi connectivity index (χ0) is 14.6. The molecule has 3 aromatic carbocycles. The number of benzene rings is 3. The highest BCUT2D eigenvalue weighted by molar-refractivity contribution is 6.19. The summed E-state index contributed by atoms with van der Waals surface area (Å²) in [7, 11) is 0. The van der Waals surface area contributed by atoms with Crippen LogP contribution in [0.25, 0.3) is 32.7 Å². The fourth-order valence-corrected chi connectivity index (χ4v) is 3.21. The van der Waals surface area contributed by atoms with Gasteiger partial charge in [-0.1, -0.05) is 63.2 Å². The molecule has 0 fully saturated rings. The number of hydrogen-bond acceptors (Lipinski definition) is 1. The van der Waals surface area contributed by atoms with Gasteiger partial charge in [0.2, 0.25) is 0 Å². The molecule has 0 bridgehead atoms. The third-order valence-corrected chi connectivity index (χ3v) is 4.19. The van der Waals surface area contributed by atoms with Gasteiger partial charge in [0.25, 0.3) is 0 Å². The largest absolute Gasteiger partial charge is 0.456 e. The van der Waals surface area contributed by atoms with Crippen molar-refractivity contribution in [2.24, 2.45) is 0 Å². The zero-order valence-corrected chi connectivity index (χ0v) is 12.6. The second-order valence-corrected chi connectivity index (χ2v) is 6.69. The molecule has 1 heterocycles. The maximum Gasteiger partial charge on any atom is 0.136 e. The summed E-state index contributed by atoms with van der Waals surface area (Å²) < 4.78 is 6.10. The molecule has 4 aromatic rings. The topological polar surface area (TPSA) is 13.1 Å². The van der Waals surface area contributed by atoms with Gasteiger partial charge in [-0.3, -0.25) is 0 Å². The van der Waals surface area contributed by atoms with Crippen molar-refractivity contribution in [1.82, 2.24) is 0 Å². The van der Waals surface area contributed by atoms with E-state index in [-0.39, 0.29) is 5.41 Å². The van der Waals surface area contributed by atoms with E-state index in [0.717, 1.165) is 11.2 Å². The standard InChI is InChI=1S/C20H18O/c1-20(2,3)15-9-6-10-16-19(15)18-14-8-5-4-7-13(14)11-12-17(18)21-16/h4-12H,1-3H3. The van der Waals surface area contributed by atoms with Gasteiger partial charge in [0.15, 0.2) is 0 Å². The van der Waals surface area contributed by atoms with Gasteiger partial charge in [-0.05, 0) is 33.9 Å². The Hall–Kier alpha value is -2.28. The zero-order valence-electron chi connectivity index (χ0n) is 12.6. The van der Waals surface area contributed by atoms with E-state index in [4.69, 9.17) is 4.42 Å². The van der Waals surface area contributed by atoms with Crippen LogP contribution in [0.15, 0.2) is 59.0 Å². The van der Waals surface area contributed by atoms with E-state index >= 15 is 0 Å². The van der Waals surface area contributed by atoms with E-state index in [0.29, 0.717) is 0 Å². The lowest BCUT2D eigenvalue weighted by molar-refractivity contribution is 0.594. The minimum Gasteiger partial charge on any atom is -0.456 e. The third kappa shape index (κ3) is 1.77. The predicted octanol–water partition coefficient (Wildman–Crippen LogP) is 6.04. The highest BCUT2D eigenvalue weighted by Crippen LogP contribution is 2.39. The molecule has 4 rings (SSSR count). The van der Waals surface area contributed by atoms with Gasteiger partial charge in [-0.25, -0.2) is 0 Å². The maximum absolute atomic E-state index is 6.10. The van der Waals surface area contributed by atoms with Crippen molar-refractivity contribution in [2.45, 2.75) is 26.2 Å². The Balaban J connectivity index is 2.31. The van der Waals surface area contributed by atoms with E-state index in [1.165, 1.54) is 27.1 Å². The lowest BCUT2D eigenvalue weighted by atomic mass is 9.84. The fourth-order valence-electron chi connectivity index (χ4n) is 3.21. The molecule has 1 aromatic heterocycles. The summed E-state index contributed by atoms with van der Waals surface area (Å²) in [6, 6.07) is 19.1. The second kappa shape index (κ2) is 4.11. The Morgan fingerprint density at radius 3 is 2.29 bits per heavy atom. The van der Waals surface area contributed by atoms with Crippen LogP contribution in [0, 0.1) is 0 Å². The summed E-state index contributed by atoms with van der Waals surface area (Å²) in [5, 5.41) is 5.03. The van der Waals surface area contributed by atoms with Crippen LogP contribution in [-0.2, 0) is 5.41 Å². The number of furan rings is 1. The summed E-state index contributed by atoms with van der Waals surface area (Å²) in [6.07, 6.45) is 0. The number of hydrogen-bond donors (Lipinski definition) is 0. The molecule has 1 heteroatoms. The van der Waals surface area contributed by atoms with E-state index in [2.05, 4.69) is 75.4 Å². The minimum absolute atomic E-state index is 0.0905. The molecule has 0 aliphatic heterocycles. The molecule has 0 saturated carbocycles. The van der Waals surface area contributed by atoms with Crippen molar-refractivity contribution in [3.8, 4) is 0 Å². The van der Waals surface area contributed by atoms with Crippen LogP contribution in [0.2, 0.25) is 0 Å². The summed E-state index contributed by atoms with van der Waals surface area (Å²) in [5.41, 5.74) is 3.39. The van der Waals surface area contributed by atoms with Crippen LogP contribution in [0.1, 0.15) is 26.3 Å². The maximum atomic E-state index is 6.10. The molecule has 21 heavy (non-hydrogen) atoms. The van der Waals surface area contributed by atoms with E-state index in [9.17, 15) is 0 Å². The van der Waals surface area contributed by atoms with Crippen molar-refractivity contribution < 1.29 is 4.42 Å². The van der Waals surface area contributed by atoms with E-state index < -0.39 is 0 Å². The molecule has 0 aliphatic rings. The Morgan fingerprint density at radius 2 is 1.48 bits per heavy atom. The predicted molar refractivity (Wildman–Crippen MR) is 89.9 cm³/mol. The molecular weight excluding hydrogens is 256 g/mol. The van der Waals surface area contributed by atoms with Gasteiger partial charge in [-0.15, -0.1) is 0 Å². The first-order chi connectivity index (χ1) is 10.1.